The van der Waals surface area contributed by atoms with E-state index in [1.807, 2.05) is 0 Å². The molecule has 1 aliphatic carbocycles. The van der Waals surface area contributed by atoms with Crippen LogP contribution in [-0.4, -0.2) is 24.1 Å². The molecule has 1 heteroatoms. The van der Waals surface area contributed by atoms with Crippen LogP contribution in [0.3, 0.4) is 0 Å². The molecule has 0 spiro atoms. The van der Waals surface area contributed by atoms with Crippen molar-refractivity contribution in [3.05, 3.63) is 24.4 Å². The van der Waals surface area contributed by atoms with Crippen molar-refractivity contribution in [2.24, 2.45) is 11.8 Å². The Morgan fingerprint density at radius 3 is 2.87 bits per heavy atom. The van der Waals surface area contributed by atoms with E-state index in [0.29, 0.717) is 0 Å². The molecule has 0 aromatic carbocycles. The molecule has 0 aromatic heterocycles. The maximum atomic E-state index is 2.43. The van der Waals surface area contributed by atoms with Gasteiger partial charge in [0.05, 0.1) is 19.8 Å². The molecule has 2 heterocycles. The molecule has 3 rings (SSSR count). The predicted octanol–water partition coefficient (Wildman–Crippen LogP) is 3.10. The van der Waals surface area contributed by atoms with Crippen LogP contribution in [0, 0.1) is 11.8 Å². The third-order valence-electron chi connectivity index (χ3n) is 4.75. The largest absolute Gasteiger partial charge is 0.294 e. The highest BCUT2D eigenvalue weighted by molar-refractivity contribution is 5.08. The van der Waals surface area contributed by atoms with Gasteiger partial charge in [-0.3, -0.25) is 4.48 Å². The van der Waals surface area contributed by atoms with E-state index < -0.39 is 0 Å². The second-order valence-electron chi connectivity index (χ2n) is 5.84. The quantitative estimate of drug-likeness (QED) is 0.532. The highest BCUT2D eigenvalue weighted by Crippen LogP contribution is 2.46. The molecule has 0 amide bonds. The molecule has 1 nitrogen and oxygen atoms in total. The van der Waals surface area contributed by atoms with Gasteiger partial charge in [0.1, 0.15) is 6.04 Å². The third kappa shape index (κ3) is 1.78. The van der Waals surface area contributed by atoms with Gasteiger partial charge in [-0.05, 0) is 43.3 Å². The van der Waals surface area contributed by atoms with Gasteiger partial charge in [-0.15, -0.1) is 0 Å². The van der Waals surface area contributed by atoms with Gasteiger partial charge in [-0.2, -0.15) is 0 Å². The Hall–Kier alpha value is -0.560. The van der Waals surface area contributed by atoms with Gasteiger partial charge in [-0.25, -0.2) is 0 Å². The maximum Gasteiger partial charge on any atom is 0.112 e. The lowest BCUT2D eigenvalue weighted by molar-refractivity contribution is -0.879. The summed E-state index contributed by atoms with van der Waals surface area (Å²) in [5.41, 5.74) is 0. The van der Waals surface area contributed by atoms with Crippen molar-refractivity contribution >= 4 is 0 Å². The number of hydrogen-bond donors (Lipinski definition) is 0. The van der Waals surface area contributed by atoms with Gasteiger partial charge >= 0.3 is 0 Å². The fourth-order valence-electron chi connectivity index (χ4n) is 3.43. The molecule has 3 aliphatic rings. The van der Waals surface area contributed by atoms with E-state index in [-0.39, 0.29) is 0 Å². The van der Waals surface area contributed by atoms with E-state index in [1.54, 1.807) is 0 Å². The van der Waals surface area contributed by atoms with E-state index in [2.05, 4.69) is 31.5 Å². The fourth-order valence-corrected chi connectivity index (χ4v) is 3.43. The van der Waals surface area contributed by atoms with Crippen LogP contribution in [0.5, 0.6) is 0 Å². The lowest BCUT2D eigenvalue weighted by Gasteiger charge is -2.38. The van der Waals surface area contributed by atoms with Crippen molar-refractivity contribution in [2.75, 3.05) is 13.6 Å². The Labute approximate surface area is 93.1 Å². The molecule has 4 atom stereocenters. The minimum atomic E-state index is 0.757. The minimum absolute atomic E-state index is 0.757. The third-order valence-corrected chi connectivity index (χ3v) is 4.75. The summed E-state index contributed by atoms with van der Waals surface area (Å²) in [5, 5.41) is 0. The Kier molecular flexibility index (Phi) is 2.24. The number of nitrogens with zero attached hydrogens (tertiary/aromatic N) is 1. The van der Waals surface area contributed by atoms with Crippen LogP contribution in [0.25, 0.3) is 0 Å². The van der Waals surface area contributed by atoms with Gasteiger partial charge in [0.2, 0.25) is 0 Å². The first-order chi connectivity index (χ1) is 7.28. The fraction of sp³-hybridized carbons (Fsp3) is 0.714. The first kappa shape index (κ1) is 9.65. The maximum absolute atomic E-state index is 2.43. The van der Waals surface area contributed by atoms with Gasteiger partial charge in [0.15, 0.2) is 0 Å². The molecule has 0 N–H and O–H groups in total. The van der Waals surface area contributed by atoms with E-state index in [1.165, 1.54) is 43.1 Å². The van der Waals surface area contributed by atoms with Crippen molar-refractivity contribution in [2.45, 2.75) is 38.1 Å². The van der Waals surface area contributed by atoms with Crippen LogP contribution in [-0.2, 0) is 0 Å². The Bertz CT molecular complexity index is 304. The molecule has 0 aromatic rings. The van der Waals surface area contributed by atoms with Crippen molar-refractivity contribution in [3.8, 4) is 0 Å². The van der Waals surface area contributed by atoms with Crippen LogP contribution in [0.15, 0.2) is 24.4 Å². The molecule has 1 saturated heterocycles. The average molecular weight is 204 g/mol. The number of hydrogen-bond acceptors (Lipinski definition) is 0. The van der Waals surface area contributed by atoms with Crippen LogP contribution in [0.2, 0.25) is 0 Å². The van der Waals surface area contributed by atoms with Crippen molar-refractivity contribution in [3.63, 3.8) is 0 Å². The Balaban J connectivity index is 1.78. The zero-order valence-electron chi connectivity index (χ0n) is 9.73. The Morgan fingerprint density at radius 2 is 1.93 bits per heavy atom. The average Bonchev–Trinajstić information content (AvgIpc) is 2.96. The summed E-state index contributed by atoms with van der Waals surface area (Å²) in [6.45, 7) is 1.35. The summed E-state index contributed by atoms with van der Waals surface area (Å²) in [6, 6.07) is 0.757. The molecular weight excluding hydrogens is 182 g/mol. The highest BCUT2D eigenvalue weighted by Gasteiger charge is 2.41. The lowest BCUT2D eigenvalue weighted by Crippen LogP contribution is -2.48. The topological polar surface area (TPSA) is 0 Å². The molecule has 82 valence electrons. The molecule has 2 aliphatic heterocycles. The summed E-state index contributed by atoms with van der Waals surface area (Å²) in [7, 11) is 2.41. The number of rotatable bonds is 0. The molecule has 15 heavy (non-hydrogen) atoms. The van der Waals surface area contributed by atoms with Gasteiger partial charge in [-0.1, -0.05) is 6.08 Å². The zero-order chi connectivity index (χ0) is 10.3. The number of quaternary nitrogens is 1. The second kappa shape index (κ2) is 3.48. The molecule has 0 radical (unpaired) electrons. The summed E-state index contributed by atoms with van der Waals surface area (Å²) in [4.78, 5) is 0. The van der Waals surface area contributed by atoms with Gasteiger partial charge in [0.25, 0.3) is 0 Å². The van der Waals surface area contributed by atoms with Crippen molar-refractivity contribution in [1.82, 2.24) is 0 Å². The molecule has 2 fully saturated rings. The summed E-state index contributed by atoms with van der Waals surface area (Å²) >= 11 is 0. The number of fused-ring (bicyclic) bond motifs is 2. The monoisotopic (exact) mass is 204 g/mol. The van der Waals surface area contributed by atoms with E-state index >= 15 is 0 Å². The Morgan fingerprint density at radius 1 is 1.07 bits per heavy atom. The van der Waals surface area contributed by atoms with Crippen LogP contribution in [0.4, 0.5) is 0 Å². The van der Waals surface area contributed by atoms with Gasteiger partial charge in [0, 0.05) is 12.8 Å². The van der Waals surface area contributed by atoms with Crippen LogP contribution >= 0.6 is 0 Å². The molecule has 4 unspecified atom stereocenters. The number of allylic oxidation sites excluding steroid dienone is 2. The zero-order valence-corrected chi connectivity index (χ0v) is 9.73. The first-order valence-electron chi connectivity index (χ1n) is 6.49. The van der Waals surface area contributed by atoms with Crippen LogP contribution < -0.4 is 0 Å². The summed E-state index contributed by atoms with van der Waals surface area (Å²) in [5.74, 6) is 2.18. The van der Waals surface area contributed by atoms with E-state index in [0.717, 1.165) is 17.9 Å². The van der Waals surface area contributed by atoms with E-state index in [4.69, 9.17) is 0 Å². The summed E-state index contributed by atoms with van der Waals surface area (Å²) in [6.07, 6.45) is 16.6. The molecule has 0 bridgehead atoms. The lowest BCUT2D eigenvalue weighted by atomic mass is 10.0. The number of likely N-dealkylation sites (N-methyl/N-ethyl adjacent to an activating group) is 1. The normalized spacial score (nSPS) is 48.5. The standard InChI is InChI=1S/C14H22N/c1-15-9-3-2-6-14(15)7-4-5-12-11-13(12)8-10-15/h2-3,6,9,12-14H,4-5,7-8,10-11H2,1H3/q+1. The second-order valence-corrected chi connectivity index (χ2v) is 5.84. The highest BCUT2D eigenvalue weighted by atomic mass is 15.3. The first-order valence-corrected chi connectivity index (χ1v) is 6.49. The molecule has 1 saturated carbocycles. The molecular formula is C14H22N+. The SMILES string of the molecule is C[N+]12C=CC=CC1CCCC1CC1CC2. The predicted molar refractivity (Wildman–Crippen MR) is 63.2 cm³/mol. The smallest absolute Gasteiger partial charge is 0.112 e. The van der Waals surface area contributed by atoms with Crippen molar-refractivity contribution in [1.29, 1.82) is 0 Å². The van der Waals surface area contributed by atoms with Crippen molar-refractivity contribution < 1.29 is 4.48 Å². The van der Waals surface area contributed by atoms with Gasteiger partial charge < -0.3 is 0 Å². The van der Waals surface area contributed by atoms with E-state index in [9.17, 15) is 0 Å². The minimum Gasteiger partial charge on any atom is -0.294 e. The summed E-state index contributed by atoms with van der Waals surface area (Å²) < 4.78 is 1.17. The van der Waals surface area contributed by atoms with Crippen LogP contribution in [0.1, 0.15) is 32.1 Å².